The second-order valence-corrected chi connectivity index (χ2v) is 13.1. The topological polar surface area (TPSA) is 51.6 Å². The summed E-state index contributed by atoms with van der Waals surface area (Å²) in [7, 11) is 0. The van der Waals surface area contributed by atoms with E-state index in [2.05, 4.69) is 129 Å². The molecule has 0 aliphatic heterocycles. The van der Waals surface area contributed by atoms with Gasteiger partial charge in [0.1, 0.15) is 12.7 Å². The van der Waals surface area contributed by atoms with Gasteiger partial charge in [-0.15, -0.1) is 0 Å². The number of nitrogens with zero attached hydrogens (tertiary/aromatic N) is 4. The van der Waals surface area contributed by atoms with Gasteiger partial charge in [-0.25, -0.2) is 19.9 Å². The average molecular weight is 619 g/mol. The first-order chi connectivity index (χ1) is 23.8. The van der Waals surface area contributed by atoms with Crippen LogP contribution in [0.25, 0.3) is 66.8 Å². The lowest BCUT2D eigenvalue weighted by molar-refractivity contribution is 0.353. The zero-order valence-corrected chi connectivity index (χ0v) is 26.7. The first kappa shape index (κ1) is 28.5. The van der Waals surface area contributed by atoms with Crippen LogP contribution in [-0.2, 0) is 5.41 Å². The van der Waals surface area contributed by atoms with Crippen LogP contribution in [0.5, 0.6) is 0 Å². The van der Waals surface area contributed by atoms with Gasteiger partial charge < -0.3 is 0 Å². The predicted molar refractivity (Wildman–Crippen MR) is 194 cm³/mol. The fourth-order valence-corrected chi connectivity index (χ4v) is 8.18. The summed E-state index contributed by atoms with van der Waals surface area (Å²) >= 11 is 0. The standard InChI is InChI=1S/C44H34N4/c1-4-18-44(19-5-1)41-12-3-2-10-40(41)43-39(11-7-13-42(43)44)31-16-14-30(15-17-31)34-21-35(23-36(22-34)38-26-47-29-48-27-38)32-8-6-9-33(20-32)37-24-45-28-46-25-37/h2-3,6-17,20-29H,1,4-5,18-19H2. The van der Waals surface area contributed by atoms with Crippen LogP contribution in [0.2, 0.25) is 0 Å². The van der Waals surface area contributed by atoms with Crippen LogP contribution in [0, 0.1) is 0 Å². The normalized spacial score (nSPS) is 14.4. The van der Waals surface area contributed by atoms with Gasteiger partial charge in [-0.2, -0.15) is 0 Å². The molecule has 230 valence electrons. The molecule has 4 heteroatoms. The van der Waals surface area contributed by atoms with Gasteiger partial charge in [0.2, 0.25) is 0 Å². The van der Waals surface area contributed by atoms with Gasteiger partial charge in [-0.05, 0) is 104 Å². The Kier molecular flexibility index (Phi) is 7.01. The Bertz CT molecular complexity index is 2250. The van der Waals surface area contributed by atoms with Crippen molar-refractivity contribution in [3.63, 3.8) is 0 Å². The van der Waals surface area contributed by atoms with Crippen molar-refractivity contribution < 1.29 is 0 Å². The minimum absolute atomic E-state index is 0.156. The van der Waals surface area contributed by atoms with Crippen molar-refractivity contribution in [2.75, 3.05) is 0 Å². The molecule has 1 saturated carbocycles. The molecule has 1 fully saturated rings. The highest BCUT2D eigenvalue weighted by Gasteiger charge is 2.44. The fraction of sp³-hybridized carbons (Fsp3) is 0.136. The molecule has 2 heterocycles. The lowest BCUT2D eigenvalue weighted by Crippen LogP contribution is -2.27. The molecule has 0 saturated heterocycles. The van der Waals surface area contributed by atoms with Crippen LogP contribution in [0.3, 0.4) is 0 Å². The van der Waals surface area contributed by atoms with Crippen molar-refractivity contribution in [2.24, 2.45) is 0 Å². The van der Waals surface area contributed by atoms with Crippen molar-refractivity contribution in [2.45, 2.75) is 37.5 Å². The van der Waals surface area contributed by atoms with Crippen LogP contribution in [0.1, 0.15) is 43.2 Å². The van der Waals surface area contributed by atoms with Gasteiger partial charge in [-0.3, -0.25) is 0 Å². The van der Waals surface area contributed by atoms with Crippen LogP contribution in [0.4, 0.5) is 0 Å². The molecule has 4 nitrogen and oxygen atoms in total. The number of benzene rings is 5. The monoisotopic (exact) mass is 618 g/mol. The van der Waals surface area contributed by atoms with E-state index in [-0.39, 0.29) is 5.41 Å². The van der Waals surface area contributed by atoms with Gasteiger partial charge in [0.05, 0.1) is 0 Å². The summed E-state index contributed by atoms with van der Waals surface area (Å²) in [6.07, 6.45) is 17.0. The van der Waals surface area contributed by atoms with Gasteiger partial charge >= 0.3 is 0 Å². The quantitative estimate of drug-likeness (QED) is 0.193. The maximum atomic E-state index is 4.32. The molecule has 2 aliphatic rings. The van der Waals surface area contributed by atoms with Gasteiger partial charge in [0.25, 0.3) is 0 Å². The van der Waals surface area contributed by atoms with E-state index in [0.717, 1.165) is 38.9 Å². The lowest BCUT2D eigenvalue weighted by Gasteiger charge is -2.36. The Morgan fingerprint density at radius 2 is 0.875 bits per heavy atom. The van der Waals surface area contributed by atoms with Crippen LogP contribution in [0.15, 0.2) is 147 Å². The van der Waals surface area contributed by atoms with E-state index in [9.17, 15) is 0 Å². The van der Waals surface area contributed by atoms with E-state index >= 15 is 0 Å². The molecule has 9 rings (SSSR count). The first-order valence-corrected chi connectivity index (χ1v) is 16.9. The largest absolute Gasteiger partial charge is 0.244 e. The number of hydrogen-bond donors (Lipinski definition) is 0. The smallest absolute Gasteiger partial charge is 0.115 e. The summed E-state index contributed by atoms with van der Waals surface area (Å²) in [4.78, 5) is 17.1. The summed E-state index contributed by atoms with van der Waals surface area (Å²) in [6.45, 7) is 0. The third-order valence-corrected chi connectivity index (χ3v) is 10.4. The molecular weight excluding hydrogens is 585 g/mol. The van der Waals surface area contributed by atoms with Gasteiger partial charge in [0, 0.05) is 41.3 Å². The Hall–Kier alpha value is -5.74. The second kappa shape index (κ2) is 11.8. The zero-order valence-electron chi connectivity index (χ0n) is 26.7. The molecule has 0 N–H and O–H groups in total. The summed E-state index contributed by atoms with van der Waals surface area (Å²) in [5.74, 6) is 0. The van der Waals surface area contributed by atoms with Crippen LogP contribution >= 0.6 is 0 Å². The van der Waals surface area contributed by atoms with E-state index in [4.69, 9.17) is 0 Å². The maximum absolute atomic E-state index is 4.32. The third-order valence-electron chi connectivity index (χ3n) is 10.4. The molecule has 0 amide bonds. The number of fused-ring (bicyclic) bond motifs is 5. The van der Waals surface area contributed by atoms with Crippen molar-refractivity contribution in [3.8, 4) is 66.8 Å². The highest BCUT2D eigenvalue weighted by Crippen LogP contribution is 2.57. The van der Waals surface area contributed by atoms with Crippen molar-refractivity contribution in [3.05, 3.63) is 158 Å². The maximum Gasteiger partial charge on any atom is 0.115 e. The fourth-order valence-electron chi connectivity index (χ4n) is 8.18. The summed E-state index contributed by atoms with van der Waals surface area (Å²) in [5.41, 5.74) is 17.4. The summed E-state index contributed by atoms with van der Waals surface area (Å²) in [5, 5.41) is 0. The molecule has 7 aromatic rings. The average Bonchev–Trinajstić information content (AvgIpc) is 3.44. The van der Waals surface area contributed by atoms with Crippen LogP contribution < -0.4 is 0 Å². The lowest BCUT2D eigenvalue weighted by atomic mass is 9.68. The Balaban J connectivity index is 1.13. The van der Waals surface area contributed by atoms with E-state index in [1.165, 1.54) is 71.0 Å². The molecule has 0 unspecified atom stereocenters. The zero-order chi connectivity index (χ0) is 31.9. The molecule has 2 aromatic heterocycles. The predicted octanol–water partition coefficient (Wildman–Crippen LogP) is 10.8. The first-order valence-electron chi connectivity index (χ1n) is 16.9. The third kappa shape index (κ3) is 4.84. The molecule has 5 aromatic carbocycles. The van der Waals surface area contributed by atoms with Crippen molar-refractivity contribution >= 4 is 0 Å². The van der Waals surface area contributed by atoms with E-state index in [0.29, 0.717) is 0 Å². The summed E-state index contributed by atoms with van der Waals surface area (Å²) in [6, 6.07) is 40.6. The van der Waals surface area contributed by atoms with Gasteiger partial charge in [0.15, 0.2) is 0 Å². The number of aromatic nitrogens is 4. The minimum Gasteiger partial charge on any atom is -0.244 e. The molecular formula is C44H34N4. The molecule has 0 radical (unpaired) electrons. The van der Waals surface area contributed by atoms with E-state index < -0.39 is 0 Å². The Labute approximate surface area is 281 Å². The SMILES string of the molecule is c1cc(-c2cncnc2)cc(-c2cc(-c3ccc(-c4cccc5c4-c4ccccc4C54CCCCC4)cc3)cc(-c3cncnc3)c2)c1. The van der Waals surface area contributed by atoms with Crippen molar-refractivity contribution in [1.82, 2.24) is 19.9 Å². The van der Waals surface area contributed by atoms with Crippen LogP contribution in [-0.4, -0.2) is 19.9 Å². The van der Waals surface area contributed by atoms with Crippen molar-refractivity contribution in [1.29, 1.82) is 0 Å². The molecule has 1 spiro atoms. The molecule has 2 aliphatic carbocycles. The summed E-state index contributed by atoms with van der Waals surface area (Å²) < 4.78 is 0. The van der Waals surface area contributed by atoms with E-state index in [1.807, 2.05) is 24.8 Å². The Morgan fingerprint density at radius 1 is 0.375 bits per heavy atom. The highest BCUT2D eigenvalue weighted by atomic mass is 14.8. The molecule has 0 bridgehead atoms. The van der Waals surface area contributed by atoms with Gasteiger partial charge in [-0.1, -0.05) is 104 Å². The minimum atomic E-state index is 0.156. The van der Waals surface area contributed by atoms with E-state index in [1.54, 1.807) is 12.7 Å². The Morgan fingerprint density at radius 3 is 1.58 bits per heavy atom. The number of rotatable bonds is 5. The molecule has 0 atom stereocenters. The number of hydrogen-bond acceptors (Lipinski definition) is 4. The molecule has 48 heavy (non-hydrogen) atoms. The highest BCUT2D eigenvalue weighted by molar-refractivity contribution is 5.93. The second-order valence-electron chi connectivity index (χ2n) is 13.1.